The quantitative estimate of drug-likeness (QED) is 0.535. The molecule has 0 spiro atoms. The standard InChI is InChI=1S/C11H16BrN7S/c1-19(2)11-16-9(15-10(17-11)18-13)14-6-5-7-3-4-8(12)20-7/h3-4H,5-6,13H2,1-2H3,(H2,14,15,16,17,18). The molecule has 0 radical (unpaired) electrons. The second-order valence-electron chi connectivity index (χ2n) is 4.20. The van der Waals surface area contributed by atoms with E-state index in [0.29, 0.717) is 17.8 Å². The zero-order valence-electron chi connectivity index (χ0n) is 11.2. The summed E-state index contributed by atoms with van der Waals surface area (Å²) < 4.78 is 1.14. The lowest BCUT2D eigenvalue weighted by molar-refractivity contribution is 0.931. The Morgan fingerprint density at radius 1 is 1.25 bits per heavy atom. The molecule has 7 nitrogen and oxygen atoms in total. The van der Waals surface area contributed by atoms with Crippen LogP contribution >= 0.6 is 27.3 Å². The van der Waals surface area contributed by atoms with Crippen LogP contribution in [0.15, 0.2) is 15.9 Å². The molecule has 9 heteroatoms. The fourth-order valence-electron chi connectivity index (χ4n) is 1.49. The maximum absolute atomic E-state index is 5.36. The molecule has 0 bridgehead atoms. The first-order valence-corrected chi connectivity index (χ1v) is 7.57. The number of nitrogens with one attached hydrogen (secondary N) is 2. The topological polar surface area (TPSA) is 92.0 Å². The lowest BCUT2D eigenvalue weighted by Gasteiger charge is -2.12. The number of nitrogens with zero attached hydrogens (tertiary/aromatic N) is 4. The Balaban J connectivity index is 1.99. The first kappa shape index (κ1) is 14.9. The van der Waals surface area contributed by atoms with Gasteiger partial charge in [0.05, 0.1) is 3.79 Å². The van der Waals surface area contributed by atoms with Crippen molar-refractivity contribution in [3.8, 4) is 0 Å². The molecule has 0 saturated carbocycles. The Labute approximate surface area is 129 Å². The molecule has 0 atom stereocenters. The highest BCUT2D eigenvalue weighted by atomic mass is 79.9. The second-order valence-corrected chi connectivity index (χ2v) is 6.75. The summed E-state index contributed by atoms with van der Waals surface area (Å²) in [5.74, 6) is 6.75. The number of nitrogens with two attached hydrogens (primary N) is 1. The van der Waals surface area contributed by atoms with Gasteiger partial charge in [0, 0.05) is 25.5 Å². The molecule has 0 aromatic carbocycles. The largest absolute Gasteiger partial charge is 0.354 e. The summed E-state index contributed by atoms with van der Waals surface area (Å²) in [5, 5.41) is 3.18. The van der Waals surface area contributed by atoms with Crippen molar-refractivity contribution in [2.75, 3.05) is 36.3 Å². The highest BCUT2D eigenvalue weighted by Crippen LogP contribution is 2.22. The molecule has 0 saturated heterocycles. The average molecular weight is 358 g/mol. The summed E-state index contributed by atoms with van der Waals surface area (Å²) in [6.07, 6.45) is 0.907. The molecule has 0 unspecified atom stereocenters. The minimum atomic E-state index is 0.338. The number of nitrogen functional groups attached to an aromatic ring is 1. The number of rotatable bonds is 6. The molecule has 0 aliphatic heterocycles. The van der Waals surface area contributed by atoms with Crippen molar-refractivity contribution in [3.63, 3.8) is 0 Å². The summed E-state index contributed by atoms with van der Waals surface area (Å²) in [6, 6.07) is 4.14. The normalized spacial score (nSPS) is 10.4. The lowest BCUT2D eigenvalue weighted by atomic mass is 10.3. The third-order valence-corrected chi connectivity index (χ3v) is 4.12. The van der Waals surface area contributed by atoms with Crippen LogP contribution in [0.1, 0.15) is 4.88 Å². The van der Waals surface area contributed by atoms with Crippen LogP contribution in [0.5, 0.6) is 0 Å². The highest BCUT2D eigenvalue weighted by Gasteiger charge is 2.07. The van der Waals surface area contributed by atoms with Crippen molar-refractivity contribution < 1.29 is 0 Å². The molecule has 2 rings (SSSR count). The molecule has 108 valence electrons. The first-order chi connectivity index (χ1) is 9.58. The van der Waals surface area contributed by atoms with Crippen LogP contribution in [-0.2, 0) is 6.42 Å². The Morgan fingerprint density at radius 2 is 2.00 bits per heavy atom. The molecule has 0 aliphatic rings. The van der Waals surface area contributed by atoms with Crippen LogP contribution in [-0.4, -0.2) is 35.6 Å². The molecule has 0 amide bonds. The van der Waals surface area contributed by atoms with E-state index < -0.39 is 0 Å². The number of thiophene rings is 1. The smallest absolute Gasteiger partial charge is 0.243 e. The Morgan fingerprint density at radius 3 is 2.60 bits per heavy atom. The van der Waals surface area contributed by atoms with E-state index in [-0.39, 0.29) is 0 Å². The van der Waals surface area contributed by atoms with E-state index in [4.69, 9.17) is 5.84 Å². The third-order valence-electron chi connectivity index (χ3n) is 2.44. The van der Waals surface area contributed by atoms with Gasteiger partial charge in [0.25, 0.3) is 0 Å². The lowest BCUT2D eigenvalue weighted by Crippen LogP contribution is -2.19. The van der Waals surface area contributed by atoms with E-state index in [1.165, 1.54) is 4.88 Å². The zero-order chi connectivity index (χ0) is 14.5. The maximum Gasteiger partial charge on any atom is 0.243 e. The Bertz CT molecular complexity index is 572. The third kappa shape index (κ3) is 4.02. The predicted molar refractivity (Wildman–Crippen MR) is 86.2 cm³/mol. The van der Waals surface area contributed by atoms with E-state index in [9.17, 15) is 0 Å². The summed E-state index contributed by atoms with van der Waals surface area (Å²) in [4.78, 5) is 15.7. The van der Waals surface area contributed by atoms with Crippen molar-refractivity contribution in [1.82, 2.24) is 15.0 Å². The summed E-state index contributed by atoms with van der Waals surface area (Å²) in [5.41, 5.74) is 2.44. The van der Waals surface area contributed by atoms with Crippen molar-refractivity contribution in [3.05, 3.63) is 20.8 Å². The van der Waals surface area contributed by atoms with E-state index in [1.807, 2.05) is 20.2 Å². The zero-order valence-corrected chi connectivity index (χ0v) is 13.6. The van der Waals surface area contributed by atoms with Crippen LogP contribution in [0, 0.1) is 0 Å². The van der Waals surface area contributed by atoms with Gasteiger partial charge in [-0.2, -0.15) is 15.0 Å². The van der Waals surface area contributed by atoms with Crippen LogP contribution < -0.4 is 21.5 Å². The van der Waals surface area contributed by atoms with Gasteiger partial charge in [-0.25, -0.2) is 5.84 Å². The Hall–Kier alpha value is -1.45. The minimum Gasteiger partial charge on any atom is -0.354 e. The summed E-state index contributed by atoms with van der Waals surface area (Å²) in [7, 11) is 3.73. The molecular formula is C11H16BrN7S. The number of hydrogen-bond acceptors (Lipinski definition) is 8. The van der Waals surface area contributed by atoms with Gasteiger partial charge in [0.2, 0.25) is 17.8 Å². The van der Waals surface area contributed by atoms with Gasteiger partial charge in [0.15, 0.2) is 0 Å². The van der Waals surface area contributed by atoms with Crippen LogP contribution in [0.25, 0.3) is 0 Å². The summed E-state index contributed by atoms with van der Waals surface area (Å²) in [6.45, 7) is 0.744. The molecule has 4 N–H and O–H groups in total. The van der Waals surface area contributed by atoms with Crippen molar-refractivity contribution >= 4 is 45.1 Å². The van der Waals surface area contributed by atoms with Gasteiger partial charge >= 0.3 is 0 Å². The van der Waals surface area contributed by atoms with Crippen molar-refractivity contribution in [2.45, 2.75) is 6.42 Å². The molecule has 2 aromatic heterocycles. The van der Waals surface area contributed by atoms with E-state index >= 15 is 0 Å². The number of hydrogen-bond donors (Lipinski definition) is 3. The van der Waals surface area contributed by atoms with E-state index in [2.05, 4.69) is 47.7 Å². The highest BCUT2D eigenvalue weighted by molar-refractivity contribution is 9.11. The van der Waals surface area contributed by atoms with Gasteiger partial charge in [0.1, 0.15) is 0 Å². The molecule has 2 aromatic rings. The van der Waals surface area contributed by atoms with Gasteiger partial charge in [-0.1, -0.05) is 0 Å². The Kier molecular flexibility index (Phi) is 5.10. The molecule has 0 fully saturated rings. The van der Waals surface area contributed by atoms with Crippen molar-refractivity contribution in [2.24, 2.45) is 5.84 Å². The van der Waals surface area contributed by atoms with Crippen molar-refractivity contribution in [1.29, 1.82) is 0 Å². The van der Waals surface area contributed by atoms with E-state index in [0.717, 1.165) is 16.8 Å². The monoisotopic (exact) mass is 357 g/mol. The number of hydrazine groups is 1. The number of anilines is 3. The second kappa shape index (κ2) is 6.82. The fraction of sp³-hybridized carbons (Fsp3) is 0.364. The number of halogens is 1. The van der Waals surface area contributed by atoms with Crippen LogP contribution in [0.2, 0.25) is 0 Å². The first-order valence-electron chi connectivity index (χ1n) is 5.96. The number of aromatic nitrogens is 3. The molecule has 2 heterocycles. The summed E-state index contributed by atoms with van der Waals surface area (Å²) >= 11 is 5.17. The van der Waals surface area contributed by atoms with E-state index in [1.54, 1.807) is 16.2 Å². The van der Waals surface area contributed by atoms with Gasteiger partial charge in [-0.3, -0.25) is 5.43 Å². The predicted octanol–water partition coefficient (Wildman–Crippen LogP) is 1.70. The van der Waals surface area contributed by atoms with Gasteiger partial charge in [-0.05, 0) is 34.5 Å². The average Bonchev–Trinajstić information content (AvgIpc) is 2.84. The maximum atomic E-state index is 5.36. The fourth-order valence-corrected chi connectivity index (χ4v) is 2.97. The van der Waals surface area contributed by atoms with Gasteiger partial charge < -0.3 is 10.2 Å². The molecule has 20 heavy (non-hydrogen) atoms. The van der Waals surface area contributed by atoms with Crippen LogP contribution in [0.4, 0.5) is 17.8 Å². The van der Waals surface area contributed by atoms with Crippen LogP contribution in [0.3, 0.4) is 0 Å². The minimum absolute atomic E-state index is 0.338. The molecular weight excluding hydrogens is 342 g/mol. The van der Waals surface area contributed by atoms with Gasteiger partial charge in [-0.15, -0.1) is 11.3 Å². The SMILES string of the molecule is CN(C)c1nc(NN)nc(NCCc2ccc(Br)s2)n1. The molecule has 0 aliphatic carbocycles.